The molecule has 0 amide bonds. The van der Waals surface area contributed by atoms with Crippen molar-refractivity contribution in [2.45, 2.75) is 24.0 Å². The standard InChI is InChI=1S/C21H19F6N4O3S/c1-30(35(2,32)33)16-9-31(11-21(16,26)27)17-8-20(10-22,34-29-17)19-13(4-3-5-28-19)18-14(24)6-12(23)7-15(18)25/h3-7,16H,1,8-11H2,2H3/q+1/t16-,20?/m1/s1. The summed E-state index contributed by atoms with van der Waals surface area (Å²) in [7, 11) is -4.05. The Balaban J connectivity index is 1.68. The number of pyridine rings is 1. The average Bonchev–Trinajstić information content (AvgIpc) is 3.33. The van der Waals surface area contributed by atoms with Gasteiger partial charge in [-0.3, -0.25) is 4.98 Å². The van der Waals surface area contributed by atoms with Crippen LogP contribution in [0.15, 0.2) is 35.6 Å². The number of oxime groups is 1. The van der Waals surface area contributed by atoms with Crippen molar-refractivity contribution < 1.29 is 43.6 Å². The molecule has 0 bridgehead atoms. The Morgan fingerprint density at radius 3 is 2.51 bits per heavy atom. The molecule has 0 N–H and O–H groups in total. The second-order valence-electron chi connectivity index (χ2n) is 8.35. The smallest absolute Gasteiger partial charge is 0.361 e. The monoisotopic (exact) mass is 521 g/mol. The first-order valence-electron chi connectivity index (χ1n) is 10.1. The van der Waals surface area contributed by atoms with Crippen LogP contribution >= 0.6 is 0 Å². The molecule has 1 saturated heterocycles. The van der Waals surface area contributed by atoms with Crippen LogP contribution in [-0.4, -0.2) is 72.8 Å². The zero-order chi connectivity index (χ0) is 25.8. The fourth-order valence-corrected chi connectivity index (χ4v) is 4.84. The highest BCUT2D eigenvalue weighted by Gasteiger charge is 2.59. The number of nitrogens with zero attached hydrogens (tertiary/aromatic N) is 4. The van der Waals surface area contributed by atoms with Crippen LogP contribution in [0.4, 0.5) is 26.3 Å². The molecule has 1 unspecified atom stereocenters. The highest BCUT2D eigenvalue weighted by Crippen LogP contribution is 2.42. The van der Waals surface area contributed by atoms with Crippen LogP contribution in [0.2, 0.25) is 0 Å². The van der Waals surface area contributed by atoms with E-state index in [-0.39, 0.29) is 17.1 Å². The van der Waals surface area contributed by atoms with Crippen molar-refractivity contribution in [3.8, 4) is 11.1 Å². The maximum atomic E-state index is 14.6. The van der Waals surface area contributed by atoms with Crippen LogP contribution < -0.4 is 0 Å². The Morgan fingerprint density at radius 1 is 1.26 bits per heavy atom. The maximum Gasteiger partial charge on any atom is 0.361 e. The van der Waals surface area contributed by atoms with E-state index in [1.54, 1.807) is 0 Å². The molecular formula is C21H19F6N4O3S+. The van der Waals surface area contributed by atoms with Gasteiger partial charge in [0.1, 0.15) is 36.7 Å². The number of amidine groups is 1. The Kier molecular flexibility index (Phi) is 6.06. The summed E-state index contributed by atoms with van der Waals surface area (Å²) in [4.78, 5) is 10.4. The number of halogens is 6. The van der Waals surface area contributed by atoms with Crippen molar-refractivity contribution in [1.29, 1.82) is 0 Å². The van der Waals surface area contributed by atoms with Gasteiger partial charge in [-0.1, -0.05) is 11.2 Å². The molecule has 2 aromatic rings. The number of alkyl halides is 3. The van der Waals surface area contributed by atoms with E-state index in [9.17, 15) is 34.8 Å². The lowest BCUT2D eigenvalue weighted by Crippen LogP contribution is -2.43. The van der Waals surface area contributed by atoms with Gasteiger partial charge in [-0.05, 0) is 6.07 Å². The topological polar surface area (TPSA) is 74.9 Å². The van der Waals surface area contributed by atoms with E-state index < -0.39 is 76.8 Å². The van der Waals surface area contributed by atoms with Crippen molar-refractivity contribution in [1.82, 2.24) is 9.88 Å². The van der Waals surface area contributed by atoms with Gasteiger partial charge in [0, 0.05) is 23.9 Å². The lowest BCUT2D eigenvalue weighted by molar-refractivity contribution is -0.435. The molecule has 1 fully saturated rings. The Hall–Kier alpha value is -3.16. The summed E-state index contributed by atoms with van der Waals surface area (Å²) in [6.07, 6.45) is 1.50. The van der Waals surface area contributed by atoms with Crippen LogP contribution in [0, 0.1) is 17.5 Å². The summed E-state index contributed by atoms with van der Waals surface area (Å²) >= 11 is 0. The molecule has 0 saturated carbocycles. The van der Waals surface area contributed by atoms with Gasteiger partial charge >= 0.3 is 15.9 Å². The van der Waals surface area contributed by atoms with Gasteiger partial charge < -0.3 is 9.74 Å². The van der Waals surface area contributed by atoms with Gasteiger partial charge in [-0.2, -0.15) is 17.2 Å². The molecule has 2 atom stereocenters. The molecule has 14 heteroatoms. The molecule has 188 valence electrons. The first-order chi connectivity index (χ1) is 16.3. The molecule has 0 radical (unpaired) electrons. The van der Waals surface area contributed by atoms with Gasteiger partial charge in [0.25, 0.3) is 6.04 Å². The third-order valence-corrected chi connectivity index (χ3v) is 7.03. The Bertz CT molecular complexity index is 1310. The highest BCUT2D eigenvalue weighted by atomic mass is 32.2. The molecule has 1 aromatic carbocycles. The number of rotatable bonds is 5. The Labute approximate surface area is 196 Å². The minimum Gasteiger partial charge on any atom is -0.378 e. The predicted molar refractivity (Wildman–Crippen MR) is 113 cm³/mol. The summed E-state index contributed by atoms with van der Waals surface area (Å²) < 4.78 is 110. The van der Waals surface area contributed by atoms with Gasteiger partial charge in [0.05, 0.1) is 37.0 Å². The highest BCUT2D eigenvalue weighted by molar-refractivity contribution is 7.84. The lowest BCUT2D eigenvalue weighted by atomic mass is 9.89. The number of hydrogen-bond donors (Lipinski definition) is 0. The van der Waals surface area contributed by atoms with E-state index in [0.29, 0.717) is 16.1 Å². The predicted octanol–water partition coefficient (Wildman–Crippen LogP) is 3.06. The van der Waals surface area contributed by atoms with Gasteiger partial charge in [-0.15, -0.1) is 3.98 Å². The van der Waals surface area contributed by atoms with Crippen LogP contribution in [-0.2, 0) is 20.5 Å². The minimum absolute atomic E-state index is 0.136. The van der Waals surface area contributed by atoms with E-state index >= 15 is 0 Å². The third kappa shape index (κ3) is 4.34. The first kappa shape index (κ1) is 24.9. The van der Waals surface area contributed by atoms with Gasteiger partial charge in [0.15, 0.2) is 0 Å². The molecule has 7 nitrogen and oxygen atoms in total. The quantitative estimate of drug-likeness (QED) is 0.344. The van der Waals surface area contributed by atoms with Gasteiger partial charge in [-0.25, -0.2) is 17.6 Å². The Morgan fingerprint density at radius 2 is 1.91 bits per heavy atom. The van der Waals surface area contributed by atoms with Crippen LogP contribution in [0.3, 0.4) is 0 Å². The number of sulfonamides is 1. The van der Waals surface area contributed by atoms with Crippen LogP contribution in [0.25, 0.3) is 11.1 Å². The molecule has 2 aliphatic rings. The summed E-state index contributed by atoms with van der Waals surface area (Å²) in [5.41, 5.74) is -3.20. The summed E-state index contributed by atoms with van der Waals surface area (Å²) in [6, 6.07) is 1.64. The summed E-state index contributed by atoms with van der Waals surface area (Å²) in [5.74, 6) is -7.32. The fourth-order valence-electron chi connectivity index (χ4n) is 4.16. The van der Waals surface area contributed by atoms with E-state index in [4.69, 9.17) is 4.84 Å². The molecule has 0 spiro atoms. The number of benzene rings is 1. The normalized spacial score (nSPS) is 23.8. The molecule has 1 aromatic heterocycles. The molecule has 2 aliphatic heterocycles. The molecule has 4 rings (SSSR count). The van der Waals surface area contributed by atoms with E-state index in [2.05, 4.69) is 16.9 Å². The second-order valence-corrected chi connectivity index (χ2v) is 10.3. The fraction of sp³-hybridized carbons (Fsp3) is 0.381. The number of hydrogen-bond acceptors (Lipinski definition) is 6. The SMILES string of the molecule is C=[N+]([C@@H]1CN(C2=NOC(CF)(c3ncccc3-c3c(F)cc(F)cc3F)C2)CC1(F)F)S(C)(=O)=O. The summed E-state index contributed by atoms with van der Waals surface area (Å²) in [6.45, 7) is 0.455. The third-order valence-electron chi connectivity index (χ3n) is 5.92. The zero-order valence-corrected chi connectivity index (χ0v) is 19.0. The zero-order valence-electron chi connectivity index (χ0n) is 18.2. The maximum absolute atomic E-state index is 14.6. The number of aromatic nitrogens is 1. The van der Waals surface area contributed by atoms with Crippen molar-refractivity contribution in [3.05, 3.63) is 53.6 Å². The second kappa shape index (κ2) is 8.50. The molecule has 3 heterocycles. The van der Waals surface area contributed by atoms with Crippen molar-refractivity contribution in [3.63, 3.8) is 0 Å². The van der Waals surface area contributed by atoms with Crippen LogP contribution in [0.5, 0.6) is 0 Å². The van der Waals surface area contributed by atoms with E-state index in [0.717, 1.165) is 11.2 Å². The summed E-state index contributed by atoms with van der Waals surface area (Å²) in [5, 5.41) is 3.73. The number of likely N-dealkylation sites (tertiary alicyclic amines) is 1. The largest absolute Gasteiger partial charge is 0.378 e. The van der Waals surface area contributed by atoms with Gasteiger partial charge in [0.2, 0.25) is 5.60 Å². The average molecular weight is 521 g/mol. The van der Waals surface area contributed by atoms with E-state index in [1.165, 1.54) is 18.3 Å². The van der Waals surface area contributed by atoms with Crippen molar-refractivity contribution in [2.75, 3.05) is 26.0 Å². The molecular weight excluding hydrogens is 502 g/mol. The first-order valence-corrected chi connectivity index (χ1v) is 12.0. The molecule has 0 aliphatic carbocycles. The minimum atomic E-state index is -4.05. The van der Waals surface area contributed by atoms with Crippen LogP contribution in [0.1, 0.15) is 12.1 Å². The van der Waals surface area contributed by atoms with E-state index in [1.807, 2.05) is 0 Å². The lowest BCUT2D eigenvalue weighted by Gasteiger charge is -2.26. The molecule has 35 heavy (non-hydrogen) atoms. The van der Waals surface area contributed by atoms with Crippen molar-refractivity contribution >= 4 is 22.6 Å². The van der Waals surface area contributed by atoms with Crippen molar-refractivity contribution in [2.24, 2.45) is 5.16 Å².